The van der Waals surface area contributed by atoms with E-state index in [2.05, 4.69) is 107 Å². The summed E-state index contributed by atoms with van der Waals surface area (Å²) < 4.78 is 0. The molecule has 0 fully saturated rings. The van der Waals surface area contributed by atoms with E-state index in [1.165, 1.54) is 33.6 Å². The Morgan fingerprint density at radius 3 is 1.96 bits per heavy atom. The maximum atomic E-state index is 2.45. The molecule has 0 aliphatic carbocycles. The van der Waals surface area contributed by atoms with Crippen molar-refractivity contribution in [2.24, 2.45) is 0 Å². The average molecular weight is 349 g/mol. The average Bonchev–Trinajstić information content (AvgIpc) is 2.97. The van der Waals surface area contributed by atoms with Gasteiger partial charge in [0, 0.05) is 23.8 Å². The van der Waals surface area contributed by atoms with E-state index in [1.54, 1.807) is 0 Å². The normalized spacial score (nSPS) is 17.0. The second kappa shape index (κ2) is 7.19. The lowest BCUT2D eigenvalue weighted by Gasteiger charge is -2.34. The first-order chi connectivity index (χ1) is 12.3. The second-order valence-corrected chi connectivity index (χ2v) is 8.13. The van der Waals surface area contributed by atoms with E-state index in [1.807, 2.05) is 0 Å². The van der Waals surface area contributed by atoms with Gasteiger partial charge in [-0.3, -0.25) is 0 Å². The molecular weight excluding hydrogens is 316 g/mol. The monoisotopic (exact) mass is 348 g/mol. The van der Waals surface area contributed by atoms with Crippen molar-refractivity contribution in [3.8, 4) is 0 Å². The Hall–Kier alpha value is -2.22. The molecule has 0 saturated carbocycles. The van der Waals surface area contributed by atoms with Crippen molar-refractivity contribution < 1.29 is 0 Å². The molecule has 2 aromatic carbocycles. The molecular formula is C24H32N2. The quantitative estimate of drug-likeness (QED) is 0.607. The Labute approximate surface area is 159 Å². The first-order valence-electron chi connectivity index (χ1n) is 9.76. The van der Waals surface area contributed by atoms with Gasteiger partial charge in [-0.15, -0.1) is 0 Å². The van der Waals surface area contributed by atoms with Gasteiger partial charge in [0.2, 0.25) is 0 Å². The zero-order valence-corrected chi connectivity index (χ0v) is 17.2. The number of aryl methyl sites for hydroxylation is 2. The molecule has 1 aliphatic heterocycles. The lowest BCUT2D eigenvalue weighted by molar-refractivity contribution is 0.726. The van der Waals surface area contributed by atoms with Gasteiger partial charge in [-0.05, 0) is 60.9 Å². The van der Waals surface area contributed by atoms with Crippen LogP contribution in [0.15, 0.2) is 48.8 Å². The molecule has 0 saturated heterocycles. The van der Waals surface area contributed by atoms with Crippen LogP contribution in [-0.2, 0) is 0 Å². The Kier molecular flexibility index (Phi) is 5.13. The number of benzene rings is 2. The highest BCUT2D eigenvalue weighted by Crippen LogP contribution is 2.40. The van der Waals surface area contributed by atoms with E-state index < -0.39 is 0 Å². The van der Waals surface area contributed by atoms with Crippen LogP contribution in [0.2, 0.25) is 0 Å². The number of nitrogens with zero attached hydrogens (tertiary/aromatic N) is 2. The van der Waals surface area contributed by atoms with Crippen LogP contribution in [0.1, 0.15) is 68.7 Å². The molecule has 26 heavy (non-hydrogen) atoms. The number of hydrogen-bond acceptors (Lipinski definition) is 2. The van der Waals surface area contributed by atoms with Gasteiger partial charge >= 0.3 is 0 Å². The fraction of sp³-hybridized carbons (Fsp3) is 0.417. The fourth-order valence-corrected chi connectivity index (χ4v) is 3.88. The molecule has 3 rings (SSSR count). The SMILES string of the molecule is Cc1ccc(C)c(N2C=CN(c3c(C(C)C)cccc3C(C)C)[C@H]2C)c1. The van der Waals surface area contributed by atoms with Crippen molar-refractivity contribution in [1.82, 2.24) is 0 Å². The van der Waals surface area contributed by atoms with Gasteiger partial charge in [0.15, 0.2) is 0 Å². The van der Waals surface area contributed by atoms with Crippen molar-refractivity contribution in [3.63, 3.8) is 0 Å². The van der Waals surface area contributed by atoms with Crippen LogP contribution in [-0.4, -0.2) is 6.17 Å². The summed E-state index contributed by atoms with van der Waals surface area (Å²) >= 11 is 0. The summed E-state index contributed by atoms with van der Waals surface area (Å²) in [6, 6.07) is 13.5. The van der Waals surface area contributed by atoms with Gasteiger partial charge in [-0.25, -0.2) is 0 Å². The van der Waals surface area contributed by atoms with Crippen LogP contribution < -0.4 is 9.80 Å². The minimum absolute atomic E-state index is 0.257. The minimum atomic E-state index is 0.257. The molecule has 138 valence electrons. The lowest BCUT2D eigenvalue weighted by Crippen LogP contribution is -2.37. The predicted octanol–water partition coefficient (Wildman–Crippen LogP) is 6.69. The summed E-state index contributed by atoms with van der Waals surface area (Å²) in [6.07, 6.45) is 4.74. The van der Waals surface area contributed by atoms with Gasteiger partial charge in [0.05, 0.1) is 0 Å². The fourth-order valence-electron chi connectivity index (χ4n) is 3.88. The number of hydrogen-bond donors (Lipinski definition) is 0. The first-order valence-corrected chi connectivity index (χ1v) is 9.76. The van der Waals surface area contributed by atoms with E-state index in [9.17, 15) is 0 Å². The van der Waals surface area contributed by atoms with Crippen LogP contribution in [0.4, 0.5) is 11.4 Å². The summed E-state index contributed by atoms with van der Waals surface area (Å²) in [4.78, 5) is 4.84. The van der Waals surface area contributed by atoms with E-state index in [0.717, 1.165) is 0 Å². The zero-order valence-electron chi connectivity index (χ0n) is 17.2. The Bertz CT molecular complexity index is 791. The Morgan fingerprint density at radius 2 is 1.38 bits per heavy atom. The van der Waals surface area contributed by atoms with Crippen LogP contribution in [0.25, 0.3) is 0 Å². The molecule has 1 aliphatic rings. The standard InChI is InChI=1S/C24H32N2/c1-16(2)21-9-8-10-22(17(3)4)24(21)26-14-13-25(20(26)7)23-15-18(5)11-12-19(23)6/h8-17,20H,1-7H3/t20-/m0/s1. The molecule has 0 radical (unpaired) electrons. The van der Waals surface area contributed by atoms with Crippen LogP contribution >= 0.6 is 0 Å². The third-order valence-electron chi connectivity index (χ3n) is 5.44. The van der Waals surface area contributed by atoms with Crippen LogP contribution in [0.5, 0.6) is 0 Å². The van der Waals surface area contributed by atoms with Crippen molar-refractivity contribution in [1.29, 1.82) is 0 Å². The summed E-state index contributed by atoms with van der Waals surface area (Å²) in [5, 5.41) is 0. The molecule has 2 aromatic rings. The van der Waals surface area contributed by atoms with Crippen LogP contribution in [0, 0.1) is 13.8 Å². The zero-order chi connectivity index (χ0) is 19.0. The molecule has 0 aromatic heterocycles. The van der Waals surface area contributed by atoms with E-state index in [0.29, 0.717) is 11.8 Å². The second-order valence-electron chi connectivity index (χ2n) is 8.13. The maximum Gasteiger partial charge on any atom is 0.107 e. The minimum Gasteiger partial charge on any atom is -0.325 e. The highest BCUT2D eigenvalue weighted by Gasteiger charge is 2.29. The van der Waals surface area contributed by atoms with Crippen LogP contribution in [0.3, 0.4) is 0 Å². The highest BCUT2D eigenvalue weighted by molar-refractivity contribution is 5.69. The molecule has 0 unspecified atom stereocenters. The predicted molar refractivity (Wildman–Crippen MR) is 114 cm³/mol. The molecule has 1 atom stereocenters. The van der Waals surface area contributed by atoms with E-state index >= 15 is 0 Å². The number of para-hydroxylation sites is 1. The van der Waals surface area contributed by atoms with Crippen molar-refractivity contribution in [2.45, 2.75) is 66.5 Å². The van der Waals surface area contributed by atoms with E-state index in [-0.39, 0.29) is 6.17 Å². The summed E-state index contributed by atoms with van der Waals surface area (Å²) in [7, 11) is 0. The first kappa shape index (κ1) is 18.6. The maximum absolute atomic E-state index is 2.45. The number of rotatable bonds is 4. The largest absolute Gasteiger partial charge is 0.325 e. The van der Waals surface area contributed by atoms with Crippen molar-refractivity contribution in [2.75, 3.05) is 9.80 Å². The van der Waals surface area contributed by atoms with Gasteiger partial charge in [0.1, 0.15) is 6.17 Å². The van der Waals surface area contributed by atoms with E-state index in [4.69, 9.17) is 0 Å². The third kappa shape index (κ3) is 3.25. The lowest BCUT2D eigenvalue weighted by atomic mass is 9.92. The van der Waals surface area contributed by atoms with Crippen molar-refractivity contribution >= 4 is 11.4 Å². The van der Waals surface area contributed by atoms with Gasteiger partial charge in [-0.1, -0.05) is 58.0 Å². The smallest absolute Gasteiger partial charge is 0.107 e. The summed E-state index contributed by atoms with van der Waals surface area (Å²) in [5.41, 5.74) is 8.15. The molecule has 0 spiro atoms. The Balaban J connectivity index is 2.05. The van der Waals surface area contributed by atoms with Gasteiger partial charge in [0.25, 0.3) is 0 Å². The molecule has 2 heteroatoms. The Morgan fingerprint density at radius 1 is 0.808 bits per heavy atom. The molecule has 2 nitrogen and oxygen atoms in total. The third-order valence-corrected chi connectivity index (χ3v) is 5.44. The number of anilines is 2. The summed E-state index contributed by atoms with van der Waals surface area (Å²) in [5.74, 6) is 0.998. The van der Waals surface area contributed by atoms with Crippen molar-refractivity contribution in [3.05, 3.63) is 71.1 Å². The highest BCUT2D eigenvalue weighted by atomic mass is 15.4. The molecule has 0 N–H and O–H groups in total. The summed E-state index contributed by atoms with van der Waals surface area (Å²) in [6.45, 7) is 15.8. The molecule has 0 bridgehead atoms. The topological polar surface area (TPSA) is 6.48 Å². The molecule has 1 heterocycles. The van der Waals surface area contributed by atoms with Gasteiger partial charge in [-0.2, -0.15) is 0 Å². The van der Waals surface area contributed by atoms with Gasteiger partial charge < -0.3 is 9.80 Å². The molecule has 0 amide bonds.